The van der Waals surface area contributed by atoms with Gasteiger partial charge in [0.05, 0.1) is 21.7 Å². The van der Waals surface area contributed by atoms with Crippen LogP contribution >= 0.6 is 23.1 Å². The Balaban J connectivity index is 1.37. The summed E-state index contributed by atoms with van der Waals surface area (Å²) in [4.78, 5) is 30.1. The van der Waals surface area contributed by atoms with Gasteiger partial charge in [0.25, 0.3) is 11.6 Å². The number of nitrogens with one attached hydrogen (secondary N) is 2. The van der Waals surface area contributed by atoms with Crippen molar-refractivity contribution in [3.8, 4) is 0 Å². The lowest BCUT2D eigenvalue weighted by molar-refractivity contribution is -0.384. The van der Waals surface area contributed by atoms with E-state index >= 15 is 0 Å². The number of benzene rings is 2. The number of rotatable bonds is 6. The number of nitro benzene ring substituents is 1. The van der Waals surface area contributed by atoms with Gasteiger partial charge in [-0.25, -0.2) is 4.98 Å². The summed E-state index contributed by atoms with van der Waals surface area (Å²) in [7, 11) is 0. The Kier molecular flexibility index (Phi) is 5.00. The third-order valence-electron chi connectivity index (χ3n) is 3.74. The minimum Gasteiger partial charge on any atom is -0.341 e. The molecule has 0 saturated carbocycles. The molecule has 4 rings (SSSR count). The van der Waals surface area contributed by atoms with Crippen molar-refractivity contribution < 1.29 is 9.72 Å². The van der Waals surface area contributed by atoms with E-state index in [0.717, 1.165) is 16.9 Å². The van der Waals surface area contributed by atoms with Gasteiger partial charge in [0.2, 0.25) is 5.13 Å². The summed E-state index contributed by atoms with van der Waals surface area (Å²) in [6, 6.07) is 13.1. The molecule has 2 heterocycles. The molecule has 0 aliphatic heterocycles. The molecule has 0 fully saturated rings. The van der Waals surface area contributed by atoms with Crippen LogP contribution in [0.25, 0.3) is 11.0 Å². The molecule has 11 heteroatoms. The van der Waals surface area contributed by atoms with Crippen LogP contribution in [0.4, 0.5) is 10.8 Å². The van der Waals surface area contributed by atoms with Gasteiger partial charge in [0, 0.05) is 17.7 Å². The van der Waals surface area contributed by atoms with Gasteiger partial charge in [0.15, 0.2) is 4.34 Å². The summed E-state index contributed by atoms with van der Waals surface area (Å²) < 4.78 is 0.694. The summed E-state index contributed by atoms with van der Waals surface area (Å²) in [5, 5.41) is 21.7. The number of carbonyl (C=O) groups excluding carboxylic acids is 1. The van der Waals surface area contributed by atoms with Gasteiger partial charge in [-0.1, -0.05) is 35.2 Å². The van der Waals surface area contributed by atoms with Crippen LogP contribution in [0, 0.1) is 10.1 Å². The molecule has 0 spiro atoms. The van der Waals surface area contributed by atoms with E-state index in [2.05, 4.69) is 25.5 Å². The van der Waals surface area contributed by atoms with Crippen molar-refractivity contribution >= 4 is 50.9 Å². The van der Waals surface area contributed by atoms with Crippen molar-refractivity contribution in [2.45, 2.75) is 10.1 Å². The third-order valence-corrected chi connectivity index (χ3v) is 5.72. The first-order chi connectivity index (χ1) is 13.6. The van der Waals surface area contributed by atoms with E-state index in [0.29, 0.717) is 20.8 Å². The minimum atomic E-state index is -0.516. The number of para-hydroxylation sites is 2. The predicted octanol–water partition coefficient (Wildman–Crippen LogP) is 3.87. The van der Waals surface area contributed by atoms with Crippen molar-refractivity contribution in [1.29, 1.82) is 0 Å². The van der Waals surface area contributed by atoms with E-state index in [9.17, 15) is 14.9 Å². The molecule has 0 bridgehead atoms. The molecule has 0 atom stereocenters. The zero-order chi connectivity index (χ0) is 19.5. The summed E-state index contributed by atoms with van der Waals surface area (Å²) in [5.41, 5.74) is 2.12. The zero-order valence-electron chi connectivity index (χ0n) is 14.2. The summed E-state index contributed by atoms with van der Waals surface area (Å²) in [6.07, 6.45) is 0. The number of hydrogen-bond donors (Lipinski definition) is 2. The summed E-state index contributed by atoms with van der Waals surface area (Å²) >= 11 is 2.71. The van der Waals surface area contributed by atoms with Gasteiger partial charge in [-0.2, -0.15) is 0 Å². The van der Waals surface area contributed by atoms with Gasteiger partial charge < -0.3 is 4.98 Å². The van der Waals surface area contributed by atoms with E-state index in [1.165, 1.54) is 47.4 Å². The van der Waals surface area contributed by atoms with E-state index < -0.39 is 10.8 Å². The van der Waals surface area contributed by atoms with Crippen LogP contribution in [-0.2, 0) is 5.75 Å². The largest absolute Gasteiger partial charge is 0.341 e. The van der Waals surface area contributed by atoms with Crippen LogP contribution in [0.5, 0.6) is 0 Å². The first kappa shape index (κ1) is 18.1. The van der Waals surface area contributed by atoms with Gasteiger partial charge in [-0.05, 0) is 24.3 Å². The second-order valence-corrected chi connectivity index (χ2v) is 7.82. The Bertz CT molecular complexity index is 1120. The molecular formula is C17H12N6O3S2. The first-order valence-electron chi connectivity index (χ1n) is 8.04. The Morgan fingerprint density at radius 2 is 1.96 bits per heavy atom. The molecule has 28 heavy (non-hydrogen) atoms. The number of amides is 1. The average molecular weight is 412 g/mol. The number of thioether (sulfide) groups is 1. The number of fused-ring (bicyclic) bond motifs is 1. The maximum absolute atomic E-state index is 12.2. The Morgan fingerprint density at radius 1 is 1.18 bits per heavy atom. The van der Waals surface area contributed by atoms with Crippen LogP contribution in [0.1, 0.15) is 16.2 Å². The van der Waals surface area contributed by atoms with Crippen LogP contribution in [0.3, 0.4) is 0 Å². The molecule has 1 amide bonds. The standard InChI is InChI=1S/C17H12N6O3S2/c24-15(10-5-7-11(8-6-10)23(25)26)20-16-21-22-17(28-16)27-9-14-18-12-3-1-2-4-13(12)19-14/h1-8H,9H2,(H,18,19)(H,20,21,24). The SMILES string of the molecule is O=C(Nc1nnc(SCc2nc3ccccc3[nH]2)s1)c1ccc([N+](=O)[O-])cc1. The third kappa shape index (κ3) is 4.00. The molecule has 4 aromatic rings. The number of nitrogens with zero attached hydrogens (tertiary/aromatic N) is 4. The molecule has 0 aliphatic rings. The van der Waals surface area contributed by atoms with Gasteiger partial charge >= 0.3 is 0 Å². The minimum absolute atomic E-state index is 0.0725. The lowest BCUT2D eigenvalue weighted by atomic mass is 10.2. The fourth-order valence-corrected chi connectivity index (χ4v) is 4.04. The molecule has 2 aromatic carbocycles. The highest BCUT2D eigenvalue weighted by Crippen LogP contribution is 2.28. The fourth-order valence-electron chi connectivity index (χ4n) is 2.43. The summed E-state index contributed by atoms with van der Waals surface area (Å²) in [5.74, 6) is 1.03. The molecular weight excluding hydrogens is 400 g/mol. The lowest BCUT2D eigenvalue weighted by Crippen LogP contribution is -2.11. The zero-order valence-corrected chi connectivity index (χ0v) is 15.8. The van der Waals surface area contributed by atoms with Crippen LogP contribution in [0.2, 0.25) is 0 Å². The van der Waals surface area contributed by atoms with Crippen molar-refractivity contribution in [3.63, 3.8) is 0 Å². The van der Waals surface area contributed by atoms with Crippen molar-refractivity contribution in [3.05, 3.63) is 70.0 Å². The van der Waals surface area contributed by atoms with Gasteiger partial charge in [0.1, 0.15) is 5.82 Å². The first-order valence-corrected chi connectivity index (χ1v) is 9.84. The van der Waals surface area contributed by atoms with Gasteiger partial charge in [-0.15, -0.1) is 10.2 Å². The number of H-pyrrole nitrogens is 1. The quantitative estimate of drug-likeness (QED) is 0.213. The number of nitro groups is 1. The molecule has 2 N–H and O–H groups in total. The van der Waals surface area contributed by atoms with E-state index in [1.54, 1.807) is 0 Å². The van der Waals surface area contributed by atoms with Crippen molar-refractivity contribution in [1.82, 2.24) is 20.2 Å². The number of anilines is 1. The average Bonchev–Trinajstić information content (AvgIpc) is 3.32. The van der Waals surface area contributed by atoms with Gasteiger partial charge in [-0.3, -0.25) is 20.2 Å². The maximum atomic E-state index is 12.2. The number of non-ortho nitro benzene ring substituents is 1. The Labute approximate surface area is 166 Å². The molecule has 2 aromatic heterocycles. The van der Waals surface area contributed by atoms with E-state index in [1.807, 2.05) is 24.3 Å². The van der Waals surface area contributed by atoms with Crippen LogP contribution in [-0.4, -0.2) is 31.0 Å². The molecule has 0 unspecified atom stereocenters. The Morgan fingerprint density at radius 3 is 2.71 bits per heavy atom. The number of hydrogen-bond acceptors (Lipinski definition) is 8. The monoisotopic (exact) mass is 412 g/mol. The normalized spacial score (nSPS) is 10.9. The molecule has 0 saturated heterocycles. The second-order valence-electron chi connectivity index (χ2n) is 5.62. The summed E-state index contributed by atoms with van der Waals surface area (Å²) in [6.45, 7) is 0. The Hall–Kier alpha value is -3.31. The predicted molar refractivity (Wildman–Crippen MR) is 107 cm³/mol. The molecule has 0 aliphatic carbocycles. The number of carbonyl (C=O) groups is 1. The van der Waals surface area contributed by atoms with Crippen LogP contribution in [0.15, 0.2) is 52.9 Å². The highest BCUT2D eigenvalue weighted by Gasteiger charge is 2.13. The maximum Gasteiger partial charge on any atom is 0.269 e. The molecule has 9 nitrogen and oxygen atoms in total. The van der Waals surface area contributed by atoms with Crippen molar-refractivity contribution in [2.75, 3.05) is 5.32 Å². The van der Waals surface area contributed by atoms with Crippen LogP contribution < -0.4 is 5.32 Å². The number of imidazole rings is 1. The fraction of sp³-hybridized carbons (Fsp3) is 0.0588. The topological polar surface area (TPSA) is 127 Å². The number of aromatic nitrogens is 4. The second kappa shape index (κ2) is 7.74. The number of aromatic amines is 1. The van der Waals surface area contributed by atoms with E-state index in [-0.39, 0.29) is 5.69 Å². The van der Waals surface area contributed by atoms with Crippen molar-refractivity contribution in [2.24, 2.45) is 0 Å². The molecule has 0 radical (unpaired) electrons. The highest BCUT2D eigenvalue weighted by molar-refractivity contribution is 8.00. The molecule has 140 valence electrons. The smallest absolute Gasteiger partial charge is 0.269 e. The lowest BCUT2D eigenvalue weighted by Gasteiger charge is -2.00. The van der Waals surface area contributed by atoms with E-state index in [4.69, 9.17) is 0 Å². The highest BCUT2D eigenvalue weighted by atomic mass is 32.2.